The number of hydrazone groups is 1. The minimum atomic E-state index is -0.646. The Hall–Kier alpha value is -3.64. The van der Waals surface area contributed by atoms with E-state index in [2.05, 4.69) is 25.2 Å². The summed E-state index contributed by atoms with van der Waals surface area (Å²) in [6.45, 7) is 1.49. The minimum Gasteiger partial charge on any atom is -0.454 e. The fourth-order valence-electron chi connectivity index (χ4n) is 3.34. The number of anilines is 1. The molecule has 0 aliphatic carbocycles. The molecule has 0 amide bonds. The van der Waals surface area contributed by atoms with Crippen molar-refractivity contribution in [1.29, 1.82) is 0 Å². The number of thiocarbonyl (C=S) groups is 1. The summed E-state index contributed by atoms with van der Waals surface area (Å²) >= 11 is 17.4. The van der Waals surface area contributed by atoms with Crippen LogP contribution in [-0.2, 0) is 6.54 Å². The summed E-state index contributed by atoms with van der Waals surface area (Å²) in [5, 5.41) is 14.2. The predicted molar refractivity (Wildman–Crippen MR) is 152 cm³/mol. The number of likely N-dealkylation sites (N-methyl/N-ethyl adjacent to an activating group) is 1. The SMILES string of the molecule is CN(C)CCn1cnnc1-c1cc(Oc2ccc(N(/N=C/c3cccc(Cl)c3Cl)C(N)=S)cc2F)ccn1. The van der Waals surface area contributed by atoms with Crippen LogP contribution < -0.4 is 15.5 Å². The second kappa shape index (κ2) is 12.3. The normalized spacial score (nSPS) is 11.3. The van der Waals surface area contributed by atoms with Gasteiger partial charge >= 0.3 is 0 Å². The van der Waals surface area contributed by atoms with Crippen LogP contribution in [0.3, 0.4) is 0 Å². The Bertz CT molecular complexity index is 1480. The molecule has 9 nitrogen and oxygen atoms in total. The number of pyridine rings is 1. The summed E-state index contributed by atoms with van der Waals surface area (Å²) < 4.78 is 22.8. The van der Waals surface area contributed by atoms with Gasteiger partial charge in [0.1, 0.15) is 17.8 Å². The van der Waals surface area contributed by atoms with Crippen LogP contribution in [0.5, 0.6) is 11.5 Å². The molecular weight excluding hydrogens is 550 g/mol. The summed E-state index contributed by atoms with van der Waals surface area (Å²) in [5.41, 5.74) is 7.22. The van der Waals surface area contributed by atoms with Crippen LogP contribution in [0.25, 0.3) is 11.5 Å². The average Bonchev–Trinajstić information content (AvgIpc) is 3.36. The van der Waals surface area contributed by atoms with Gasteiger partial charge in [0, 0.05) is 37.0 Å². The Labute approximate surface area is 234 Å². The molecule has 4 rings (SSSR count). The molecule has 2 aromatic heterocycles. The number of hydrogen-bond donors (Lipinski definition) is 1. The number of rotatable bonds is 9. The van der Waals surface area contributed by atoms with Crippen molar-refractivity contribution >= 4 is 52.4 Å². The molecule has 4 aromatic rings. The van der Waals surface area contributed by atoms with Gasteiger partial charge < -0.3 is 19.9 Å². The standard InChI is InChI=1S/C25H23Cl2FN8OS/c1-34(2)10-11-35-15-31-33-24(35)21-13-18(8-9-30-21)37-22-7-6-17(12-20(22)28)36(25(29)38)32-14-16-4-3-5-19(26)23(16)27/h3-9,12-15H,10-11H2,1-2H3,(H2,29,38)/b32-14+. The summed E-state index contributed by atoms with van der Waals surface area (Å²) in [6, 6.07) is 12.6. The highest BCUT2D eigenvalue weighted by atomic mass is 35.5. The molecule has 38 heavy (non-hydrogen) atoms. The van der Waals surface area contributed by atoms with Gasteiger partial charge in [0.05, 0.1) is 21.9 Å². The third-order valence-electron chi connectivity index (χ3n) is 5.25. The number of hydrogen-bond acceptors (Lipinski definition) is 7. The molecule has 0 aliphatic heterocycles. The average molecular weight is 573 g/mol. The number of benzene rings is 2. The van der Waals surface area contributed by atoms with Crippen LogP contribution in [0, 0.1) is 5.82 Å². The third-order valence-corrected chi connectivity index (χ3v) is 6.26. The van der Waals surface area contributed by atoms with Gasteiger partial charge in [0.25, 0.3) is 0 Å². The van der Waals surface area contributed by atoms with Crippen molar-refractivity contribution in [3.8, 4) is 23.0 Å². The summed E-state index contributed by atoms with van der Waals surface area (Å²) in [4.78, 5) is 6.42. The van der Waals surface area contributed by atoms with Crippen LogP contribution >= 0.6 is 35.4 Å². The fourth-order valence-corrected chi connectivity index (χ4v) is 3.85. The quantitative estimate of drug-likeness (QED) is 0.165. The zero-order chi connectivity index (χ0) is 27.2. The van der Waals surface area contributed by atoms with Gasteiger partial charge in [0.15, 0.2) is 22.5 Å². The molecule has 0 fully saturated rings. The van der Waals surface area contributed by atoms with E-state index in [0.717, 1.165) is 6.54 Å². The Kier molecular flexibility index (Phi) is 8.85. The van der Waals surface area contributed by atoms with Crippen LogP contribution in [0.2, 0.25) is 10.0 Å². The van der Waals surface area contributed by atoms with Crippen molar-refractivity contribution in [3.05, 3.63) is 82.5 Å². The first-order valence-corrected chi connectivity index (χ1v) is 12.4. The third kappa shape index (κ3) is 6.62. The Morgan fingerprint density at radius 3 is 2.76 bits per heavy atom. The largest absolute Gasteiger partial charge is 0.454 e. The Balaban J connectivity index is 1.54. The summed E-state index contributed by atoms with van der Waals surface area (Å²) in [5.74, 6) is 0.304. The number of aromatic nitrogens is 4. The van der Waals surface area contributed by atoms with Gasteiger partial charge in [-0.2, -0.15) is 5.10 Å². The van der Waals surface area contributed by atoms with Crippen LogP contribution in [0.15, 0.2) is 66.2 Å². The van der Waals surface area contributed by atoms with E-state index in [1.54, 1.807) is 48.9 Å². The zero-order valence-electron chi connectivity index (χ0n) is 20.4. The van der Waals surface area contributed by atoms with Crippen molar-refractivity contribution in [2.75, 3.05) is 25.6 Å². The fraction of sp³-hybridized carbons (Fsp3) is 0.160. The molecule has 2 N–H and O–H groups in total. The maximum absolute atomic E-state index is 15.1. The molecule has 2 heterocycles. The van der Waals surface area contributed by atoms with Crippen molar-refractivity contribution in [3.63, 3.8) is 0 Å². The lowest BCUT2D eigenvalue weighted by Gasteiger charge is -2.18. The lowest BCUT2D eigenvalue weighted by atomic mass is 10.2. The molecular formula is C25H23Cl2FN8OS. The second-order valence-electron chi connectivity index (χ2n) is 8.28. The maximum atomic E-state index is 15.1. The van der Waals surface area contributed by atoms with Gasteiger partial charge in [-0.05, 0) is 50.6 Å². The topological polar surface area (TPSA) is 97.7 Å². The zero-order valence-corrected chi connectivity index (χ0v) is 22.8. The predicted octanol–water partition coefficient (Wildman–Crippen LogP) is 5.22. The van der Waals surface area contributed by atoms with E-state index in [1.807, 2.05) is 18.7 Å². The number of nitrogens with two attached hydrogens (primary N) is 1. The van der Waals surface area contributed by atoms with Gasteiger partial charge in [-0.25, -0.2) is 9.40 Å². The van der Waals surface area contributed by atoms with E-state index in [4.69, 9.17) is 45.9 Å². The first kappa shape index (κ1) is 27.4. The summed E-state index contributed by atoms with van der Waals surface area (Å²) in [7, 11) is 3.97. The number of halogens is 3. The minimum absolute atomic E-state index is 0.00951. The molecule has 0 radical (unpaired) electrons. The van der Waals surface area contributed by atoms with Crippen molar-refractivity contribution in [1.82, 2.24) is 24.6 Å². The Morgan fingerprint density at radius 2 is 2.03 bits per heavy atom. The molecule has 196 valence electrons. The monoisotopic (exact) mass is 572 g/mol. The highest BCUT2D eigenvalue weighted by Crippen LogP contribution is 2.30. The molecule has 0 aliphatic rings. The molecule has 2 aromatic carbocycles. The van der Waals surface area contributed by atoms with Gasteiger partial charge in [-0.15, -0.1) is 10.2 Å². The molecule has 0 unspecified atom stereocenters. The molecule has 0 atom stereocenters. The maximum Gasteiger partial charge on any atom is 0.191 e. The van der Waals surface area contributed by atoms with Crippen molar-refractivity contribution in [2.45, 2.75) is 6.54 Å². The first-order valence-electron chi connectivity index (χ1n) is 11.3. The summed E-state index contributed by atoms with van der Waals surface area (Å²) in [6.07, 6.45) is 4.64. The van der Waals surface area contributed by atoms with E-state index in [9.17, 15) is 0 Å². The van der Waals surface area contributed by atoms with E-state index >= 15 is 4.39 Å². The molecule has 13 heteroatoms. The molecule has 0 bridgehead atoms. The van der Waals surface area contributed by atoms with Gasteiger partial charge in [-0.1, -0.05) is 35.3 Å². The van der Waals surface area contributed by atoms with Crippen molar-refractivity contribution in [2.24, 2.45) is 10.8 Å². The van der Waals surface area contributed by atoms with Crippen molar-refractivity contribution < 1.29 is 9.13 Å². The van der Waals surface area contributed by atoms with E-state index in [0.29, 0.717) is 45.1 Å². The highest BCUT2D eigenvalue weighted by Gasteiger charge is 2.15. The van der Waals surface area contributed by atoms with Crippen LogP contribution in [0.1, 0.15) is 5.56 Å². The highest BCUT2D eigenvalue weighted by molar-refractivity contribution is 7.80. The molecule has 0 saturated heterocycles. The Morgan fingerprint density at radius 1 is 1.21 bits per heavy atom. The molecule has 0 spiro atoms. The van der Waals surface area contributed by atoms with Crippen LogP contribution in [-0.4, -0.2) is 56.6 Å². The van der Waals surface area contributed by atoms with E-state index < -0.39 is 5.82 Å². The number of nitrogens with zero attached hydrogens (tertiary/aromatic N) is 7. The number of ether oxygens (including phenoxy) is 1. The first-order chi connectivity index (χ1) is 18.2. The van der Waals surface area contributed by atoms with E-state index in [1.165, 1.54) is 23.4 Å². The second-order valence-corrected chi connectivity index (χ2v) is 9.49. The smallest absolute Gasteiger partial charge is 0.191 e. The van der Waals surface area contributed by atoms with E-state index in [-0.39, 0.29) is 10.9 Å². The van der Waals surface area contributed by atoms with Gasteiger partial charge in [-0.3, -0.25) is 4.98 Å². The van der Waals surface area contributed by atoms with Crippen LogP contribution in [0.4, 0.5) is 10.1 Å². The van der Waals surface area contributed by atoms with Gasteiger partial charge in [0.2, 0.25) is 0 Å². The molecule has 0 saturated carbocycles. The lowest BCUT2D eigenvalue weighted by Crippen LogP contribution is -2.31. The lowest BCUT2D eigenvalue weighted by molar-refractivity contribution is 0.384.